The zero-order valence-electron chi connectivity index (χ0n) is 27.9. The van der Waals surface area contributed by atoms with Crippen molar-refractivity contribution in [3.8, 4) is 49.3 Å². The van der Waals surface area contributed by atoms with E-state index >= 15 is 0 Å². The van der Waals surface area contributed by atoms with Gasteiger partial charge in [-0.15, -0.1) is 45.3 Å². The second-order valence-corrected chi connectivity index (χ2v) is 21.7. The van der Waals surface area contributed by atoms with Crippen molar-refractivity contribution in [2.75, 3.05) is 0 Å². The molecule has 0 atom stereocenters. The van der Waals surface area contributed by atoms with E-state index in [2.05, 4.69) is 79.7 Å². The van der Waals surface area contributed by atoms with E-state index in [4.69, 9.17) is 19.9 Å². The highest BCUT2D eigenvalue weighted by Gasteiger charge is 2.23. The van der Waals surface area contributed by atoms with Crippen LogP contribution in [0.2, 0.25) is 0 Å². The lowest BCUT2D eigenvalue weighted by Crippen LogP contribution is -1.93. The van der Waals surface area contributed by atoms with Gasteiger partial charge in [0.2, 0.25) is 0 Å². The molecule has 8 heterocycles. The lowest BCUT2D eigenvalue weighted by atomic mass is 10.0. The van der Waals surface area contributed by atoms with E-state index in [1.54, 1.807) is 45.3 Å². The average molecular weight is 779 g/mol. The van der Waals surface area contributed by atoms with Crippen molar-refractivity contribution in [3.63, 3.8) is 0 Å². The molecule has 0 saturated carbocycles. The maximum absolute atomic E-state index is 5.21. The summed E-state index contributed by atoms with van der Waals surface area (Å²) in [6.45, 7) is 17.9. The van der Waals surface area contributed by atoms with Crippen molar-refractivity contribution in [1.29, 1.82) is 0 Å². The van der Waals surface area contributed by atoms with Gasteiger partial charge in [-0.3, -0.25) is 0 Å². The molecule has 0 N–H and O–H groups in total. The van der Waals surface area contributed by atoms with Crippen LogP contribution in [0.4, 0.5) is 0 Å². The number of thiazole rings is 4. The Morgan fingerprint density at radius 3 is 1.31 bits per heavy atom. The van der Waals surface area contributed by atoms with Gasteiger partial charge in [0.25, 0.3) is 0 Å². The molecule has 8 aromatic rings. The molecule has 0 radical (unpaired) electrons. The highest BCUT2D eigenvalue weighted by molar-refractivity contribution is 7.34. The average Bonchev–Trinajstić information content (AvgIpc) is 3.82. The van der Waals surface area contributed by atoms with Crippen molar-refractivity contribution < 1.29 is 0 Å². The summed E-state index contributed by atoms with van der Waals surface area (Å²) < 4.78 is 0. The van der Waals surface area contributed by atoms with Gasteiger partial charge < -0.3 is 0 Å². The quantitative estimate of drug-likeness (QED) is 0.146. The molecule has 0 aromatic carbocycles. The topological polar surface area (TPSA) is 51.6 Å². The minimum Gasteiger partial charge on any atom is -0.222 e. The third-order valence-electron chi connectivity index (χ3n) is 7.93. The molecule has 8 aromatic heterocycles. The molecule has 0 spiro atoms. The Bertz CT molecular complexity index is 2370. The first kappa shape index (κ1) is 33.0. The summed E-state index contributed by atoms with van der Waals surface area (Å²) in [6.07, 6.45) is 2.11. The first-order valence-corrected chi connectivity index (χ1v) is 22.5. The Morgan fingerprint density at radius 1 is 0.438 bits per heavy atom. The summed E-state index contributed by atoms with van der Waals surface area (Å²) >= 11 is 14.3. The number of nitrogens with zero attached hydrogens (tertiary/aromatic N) is 4. The van der Waals surface area contributed by atoms with Crippen molar-refractivity contribution in [1.82, 2.24) is 19.9 Å². The largest absolute Gasteiger partial charge is 0.222 e. The lowest BCUT2D eigenvalue weighted by Gasteiger charge is -2.04. The maximum Gasteiger partial charge on any atom is 0.155 e. The number of aromatic nitrogens is 4. The minimum atomic E-state index is 0.557. The van der Waals surface area contributed by atoms with Crippen LogP contribution in [0.3, 0.4) is 0 Å². The molecule has 0 saturated heterocycles. The second kappa shape index (κ2) is 12.9. The molecule has 0 unspecified atom stereocenters. The SMILES string of the molecule is Cc1cc(C)c(-c2nc3sc(-c4sc(-c5cc(CC(C)C)c(-c6nc7sc(-c8sc(C)cc8CC(C)C)nc7s6)s5)cc4C)nc3s2)s1. The molecule has 0 bridgehead atoms. The van der Waals surface area contributed by atoms with Crippen LogP contribution in [0.1, 0.15) is 59.7 Å². The van der Waals surface area contributed by atoms with Crippen LogP contribution in [-0.2, 0) is 12.8 Å². The lowest BCUT2D eigenvalue weighted by molar-refractivity contribution is 0.649. The second-order valence-electron chi connectivity index (χ2n) is 13.2. The summed E-state index contributed by atoms with van der Waals surface area (Å²) in [5.74, 6) is 1.18. The van der Waals surface area contributed by atoms with Crippen LogP contribution in [-0.4, -0.2) is 19.9 Å². The third-order valence-corrected chi connectivity index (χ3v) is 17.5. The summed E-state index contributed by atoms with van der Waals surface area (Å²) in [4.78, 5) is 35.0. The third kappa shape index (κ3) is 6.21. The first-order valence-electron chi connectivity index (χ1n) is 15.9. The van der Waals surface area contributed by atoms with Gasteiger partial charge in [0.05, 0.1) is 19.5 Å². The fourth-order valence-corrected chi connectivity index (χ4v) is 15.1. The van der Waals surface area contributed by atoms with E-state index in [1.807, 2.05) is 45.3 Å². The summed E-state index contributed by atoms with van der Waals surface area (Å²) in [5.41, 5.74) is 5.38. The van der Waals surface area contributed by atoms with E-state index < -0.39 is 0 Å². The molecule has 0 aliphatic carbocycles. The van der Waals surface area contributed by atoms with Crippen LogP contribution < -0.4 is 0 Å². The zero-order chi connectivity index (χ0) is 33.4. The van der Waals surface area contributed by atoms with Gasteiger partial charge >= 0.3 is 0 Å². The number of hydrogen-bond acceptors (Lipinski definition) is 12. The van der Waals surface area contributed by atoms with Crippen molar-refractivity contribution in [2.45, 2.75) is 68.2 Å². The molecule has 0 aliphatic heterocycles. The van der Waals surface area contributed by atoms with Crippen molar-refractivity contribution >= 4 is 110 Å². The number of rotatable bonds is 9. The fourth-order valence-electron chi connectivity index (χ4n) is 6.00. The monoisotopic (exact) mass is 778 g/mol. The first-order chi connectivity index (χ1) is 23.0. The molecule has 0 amide bonds. The van der Waals surface area contributed by atoms with Gasteiger partial charge in [-0.2, -0.15) is 0 Å². The highest BCUT2D eigenvalue weighted by atomic mass is 32.1. The molecule has 4 nitrogen and oxygen atoms in total. The molecule has 0 aliphatic rings. The Kier molecular flexibility index (Phi) is 8.85. The molecule has 8 rings (SSSR count). The number of hydrogen-bond donors (Lipinski definition) is 0. The van der Waals surface area contributed by atoms with E-state index in [0.29, 0.717) is 11.8 Å². The van der Waals surface area contributed by atoms with Crippen molar-refractivity contribution in [3.05, 3.63) is 56.3 Å². The minimum absolute atomic E-state index is 0.557. The standard InChI is InChI=1S/C36H34N4S8/c1-15(2)9-21-13-20(8)42-27(21)31-39-35-36(47-31)40-32(48-35)28-22(10-16(3)4)14-24(44-28)23-12-18(6)26(43-23)30-38-34-33(46-30)37-29(45-34)25-17(5)11-19(7)41-25/h11-16H,9-10H2,1-8H3. The van der Waals surface area contributed by atoms with Gasteiger partial charge in [-0.05, 0) is 98.9 Å². The van der Waals surface area contributed by atoms with Crippen LogP contribution in [0.15, 0.2) is 24.3 Å². The molecule has 12 heteroatoms. The van der Waals surface area contributed by atoms with Gasteiger partial charge in [0, 0.05) is 19.5 Å². The molecule has 246 valence electrons. The van der Waals surface area contributed by atoms with Crippen LogP contribution in [0, 0.1) is 39.5 Å². The zero-order valence-corrected chi connectivity index (χ0v) is 34.5. The Balaban J connectivity index is 1.11. The number of thiophene rings is 4. The molecule has 0 fully saturated rings. The Labute approximate surface area is 312 Å². The van der Waals surface area contributed by atoms with Gasteiger partial charge in [-0.1, -0.05) is 73.0 Å². The summed E-state index contributed by atoms with van der Waals surface area (Å²) in [7, 11) is 0. The predicted molar refractivity (Wildman–Crippen MR) is 219 cm³/mol. The van der Waals surface area contributed by atoms with E-state index in [1.165, 1.54) is 61.3 Å². The Morgan fingerprint density at radius 2 is 0.812 bits per heavy atom. The van der Waals surface area contributed by atoms with Gasteiger partial charge in [0.1, 0.15) is 20.0 Å². The summed E-state index contributed by atoms with van der Waals surface area (Å²) in [5, 5.41) is 4.37. The van der Waals surface area contributed by atoms with E-state index in [0.717, 1.165) is 52.2 Å². The molecule has 48 heavy (non-hydrogen) atoms. The fraction of sp³-hybridized carbons (Fsp3) is 0.333. The molecular formula is C36H34N4S8. The smallest absolute Gasteiger partial charge is 0.155 e. The maximum atomic E-state index is 5.21. The number of aryl methyl sites for hydroxylation is 4. The van der Waals surface area contributed by atoms with Crippen LogP contribution in [0.25, 0.3) is 68.6 Å². The van der Waals surface area contributed by atoms with Crippen LogP contribution in [0.5, 0.6) is 0 Å². The van der Waals surface area contributed by atoms with Gasteiger partial charge in [-0.25, -0.2) is 19.9 Å². The Hall–Kier alpha value is -2.16. The predicted octanol–water partition coefficient (Wildman–Crippen LogP) is 14.0. The highest BCUT2D eigenvalue weighted by Crippen LogP contribution is 2.49. The van der Waals surface area contributed by atoms with E-state index in [-0.39, 0.29) is 0 Å². The van der Waals surface area contributed by atoms with Gasteiger partial charge in [0.15, 0.2) is 19.3 Å². The molecular weight excluding hydrogens is 745 g/mol. The van der Waals surface area contributed by atoms with Crippen molar-refractivity contribution in [2.24, 2.45) is 11.8 Å². The normalized spacial score (nSPS) is 12.3. The van der Waals surface area contributed by atoms with E-state index in [9.17, 15) is 0 Å². The summed E-state index contributed by atoms with van der Waals surface area (Å²) in [6, 6.07) is 9.34. The number of fused-ring (bicyclic) bond motifs is 2. The van der Waals surface area contributed by atoms with Crippen LogP contribution >= 0.6 is 90.7 Å².